The zero-order chi connectivity index (χ0) is 16.6. The lowest BCUT2D eigenvalue weighted by atomic mass is 10.1. The van der Waals surface area contributed by atoms with Gasteiger partial charge < -0.3 is 5.11 Å². The molecule has 1 aromatic rings. The Morgan fingerprint density at radius 2 is 1.74 bits per heavy atom. The van der Waals surface area contributed by atoms with E-state index in [1.165, 1.54) is 4.90 Å². The molecule has 23 heavy (non-hydrogen) atoms. The van der Waals surface area contributed by atoms with Gasteiger partial charge in [0.1, 0.15) is 6.23 Å². The van der Waals surface area contributed by atoms with Crippen LogP contribution in [0.4, 0.5) is 0 Å². The van der Waals surface area contributed by atoms with Crippen LogP contribution in [0.3, 0.4) is 0 Å². The van der Waals surface area contributed by atoms with Crippen molar-refractivity contribution >= 4 is 11.8 Å². The quantitative estimate of drug-likeness (QED) is 0.845. The largest absolute Gasteiger partial charge is 0.378 e. The highest BCUT2D eigenvalue weighted by Crippen LogP contribution is 2.28. The molecule has 0 radical (unpaired) electrons. The number of rotatable bonds is 5. The van der Waals surface area contributed by atoms with Gasteiger partial charge in [-0.15, -0.1) is 0 Å². The Kier molecular flexibility index (Phi) is 4.50. The lowest BCUT2D eigenvalue weighted by molar-refractivity contribution is 0.00767. The Labute approximate surface area is 136 Å². The van der Waals surface area contributed by atoms with E-state index < -0.39 is 6.23 Å². The molecule has 124 valence electrons. The zero-order valence-electron chi connectivity index (χ0n) is 13.7. The molecule has 1 fully saturated rings. The van der Waals surface area contributed by atoms with Crippen molar-refractivity contribution in [2.24, 2.45) is 5.92 Å². The van der Waals surface area contributed by atoms with Crippen LogP contribution in [0.2, 0.25) is 0 Å². The summed E-state index contributed by atoms with van der Waals surface area (Å²) in [5, 5.41) is 10.2. The maximum absolute atomic E-state index is 12.5. The average molecular weight is 316 g/mol. The molecule has 0 unspecified atom stereocenters. The van der Waals surface area contributed by atoms with E-state index in [0.29, 0.717) is 30.0 Å². The number of imide groups is 1. The van der Waals surface area contributed by atoms with Gasteiger partial charge >= 0.3 is 0 Å². The van der Waals surface area contributed by atoms with Gasteiger partial charge in [0, 0.05) is 19.1 Å². The molecule has 1 aromatic carbocycles. The molecular formula is C18H24N2O3. The van der Waals surface area contributed by atoms with Crippen LogP contribution in [-0.2, 0) is 0 Å². The van der Waals surface area contributed by atoms with Crippen LogP contribution in [0, 0.1) is 5.92 Å². The highest BCUT2D eigenvalue weighted by molar-refractivity contribution is 6.21. The van der Waals surface area contributed by atoms with Crippen LogP contribution in [0.15, 0.2) is 24.3 Å². The van der Waals surface area contributed by atoms with Crippen molar-refractivity contribution in [2.75, 3.05) is 13.1 Å². The van der Waals surface area contributed by atoms with Gasteiger partial charge in [0.15, 0.2) is 0 Å². The van der Waals surface area contributed by atoms with Crippen molar-refractivity contribution in [3.8, 4) is 0 Å². The Hall–Kier alpha value is -1.72. The molecule has 0 aliphatic carbocycles. The lowest BCUT2D eigenvalue weighted by Crippen LogP contribution is -2.45. The van der Waals surface area contributed by atoms with E-state index in [2.05, 4.69) is 13.8 Å². The number of amides is 2. The fourth-order valence-corrected chi connectivity index (χ4v) is 3.47. The summed E-state index contributed by atoms with van der Waals surface area (Å²) < 4.78 is 0. The first-order valence-corrected chi connectivity index (χ1v) is 8.38. The number of fused-ring (bicyclic) bond motifs is 1. The third-order valence-corrected chi connectivity index (χ3v) is 4.85. The Morgan fingerprint density at radius 3 is 2.30 bits per heavy atom. The van der Waals surface area contributed by atoms with Crippen LogP contribution in [0.25, 0.3) is 0 Å². The summed E-state index contributed by atoms with van der Waals surface area (Å²) in [5.74, 6) is 0.134. The molecule has 2 atom stereocenters. The fourth-order valence-electron chi connectivity index (χ4n) is 3.47. The van der Waals surface area contributed by atoms with E-state index in [4.69, 9.17) is 0 Å². The Balaban J connectivity index is 1.72. The van der Waals surface area contributed by atoms with Crippen LogP contribution in [0.5, 0.6) is 0 Å². The predicted octanol–water partition coefficient (Wildman–Crippen LogP) is 2.11. The minimum atomic E-state index is -0.464. The number of nitrogens with zero attached hydrogens (tertiary/aromatic N) is 2. The van der Waals surface area contributed by atoms with Gasteiger partial charge in [0.25, 0.3) is 11.8 Å². The molecule has 1 N–H and O–H groups in total. The summed E-state index contributed by atoms with van der Waals surface area (Å²) in [7, 11) is 0. The highest BCUT2D eigenvalue weighted by Gasteiger charge is 2.40. The van der Waals surface area contributed by atoms with Crippen molar-refractivity contribution in [1.82, 2.24) is 9.80 Å². The van der Waals surface area contributed by atoms with Gasteiger partial charge in [0.2, 0.25) is 0 Å². The second-order valence-electron chi connectivity index (χ2n) is 6.90. The molecular weight excluding hydrogens is 292 g/mol. The molecule has 0 spiro atoms. The third kappa shape index (κ3) is 3.03. The minimum Gasteiger partial charge on any atom is -0.378 e. The maximum atomic E-state index is 12.5. The van der Waals surface area contributed by atoms with Gasteiger partial charge in [-0.3, -0.25) is 19.4 Å². The van der Waals surface area contributed by atoms with Crippen molar-refractivity contribution in [2.45, 2.75) is 45.4 Å². The Bertz CT molecular complexity index is 579. The number of hydrogen-bond acceptors (Lipinski definition) is 4. The van der Waals surface area contributed by atoms with Gasteiger partial charge in [0.05, 0.1) is 11.1 Å². The summed E-state index contributed by atoms with van der Waals surface area (Å²) in [6.07, 6.45) is 2.04. The first-order valence-electron chi connectivity index (χ1n) is 8.38. The molecule has 2 heterocycles. The van der Waals surface area contributed by atoms with Gasteiger partial charge in [-0.25, -0.2) is 0 Å². The molecule has 3 rings (SSSR count). The summed E-state index contributed by atoms with van der Waals surface area (Å²) in [5.41, 5.74) is 0.981. The normalized spacial score (nSPS) is 24.8. The van der Waals surface area contributed by atoms with Crippen molar-refractivity contribution in [1.29, 1.82) is 0 Å². The standard InChI is InChI=1S/C18H24N2O3/c1-12(2)9-10-19-13(7-8-16(19)21)11-20-17(22)14-5-3-4-6-15(14)18(20)23/h3-6,12-13,16,21H,7-11H2,1-2H3/t13-,16-/m0/s1. The zero-order valence-corrected chi connectivity index (χ0v) is 13.7. The topological polar surface area (TPSA) is 60.9 Å². The van der Waals surface area contributed by atoms with Crippen LogP contribution in [-0.4, -0.2) is 52.1 Å². The SMILES string of the molecule is CC(C)CCN1[C@H](CN2C(=O)c3ccccc3C2=O)CC[C@@H]1O. The molecule has 5 nitrogen and oxygen atoms in total. The number of carbonyl (C=O) groups excluding carboxylic acids is 2. The van der Waals surface area contributed by atoms with Crippen molar-refractivity contribution in [3.05, 3.63) is 35.4 Å². The first-order chi connectivity index (χ1) is 11.0. The first kappa shape index (κ1) is 16.1. The second kappa shape index (κ2) is 6.42. The number of aliphatic hydroxyl groups is 1. The molecule has 0 aromatic heterocycles. The van der Waals surface area contributed by atoms with Gasteiger partial charge in [-0.05, 0) is 37.3 Å². The average Bonchev–Trinajstić information content (AvgIpc) is 2.99. The minimum absolute atomic E-state index is 0.0472. The molecule has 2 aliphatic rings. The van der Waals surface area contributed by atoms with E-state index in [-0.39, 0.29) is 17.9 Å². The van der Waals surface area contributed by atoms with E-state index >= 15 is 0 Å². The number of benzene rings is 1. The predicted molar refractivity (Wildman–Crippen MR) is 87.0 cm³/mol. The van der Waals surface area contributed by atoms with E-state index in [1.54, 1.807) is 24.3 Å². The van der Waals surface area contributed by atoms with Gasteiger partial charge in [-0.1, -0.05) is 26.0 Å². The highest BCUT2D eigenvalue weighted by atomic mass is 16.3. The van der Waals surface area contributed by atoms with E-state index in [1.807, 2.05) is 4.90 Å². The number of aliphatic hydroxyl groups excluding tert-OH is 1. The molecule has 2 amide bonds. The summed E-state index contributed by atoms with van der Waals surface area (Å²) >= 11 is 0. The smallest absolute Gasteiger partial charge is 0.261 e. The molecule has 1 saturated heterocycles. The molecule has 2 aliphatic heterocycles. The maximum Gasteiger partial charge on any atom is 0.261 e. The summed E-state index contributed by atoms with van der Waals surface area (Å²) in [6, 6.07) is 7.01. The molecule has 0 bridgehead atoms. The number of carbonyl (C=O) groups is 2. The number of likely N-dealkylation sites (tertiary alicyclic amines) is 1. The summed E-state index contributed by atoms with van der Waals surface area (Å²) in [6.45, 7) is 5.47. The van der Waals surface area contributed by atoms with E-state index in [9.17, 15) is 14.7 Å². The molecule has 0 saturated carbocycles. The Morgan fingerprint density at radius 1 is 1.13 bits per heavy atom. The summed E-state index contributed by atoms with van der Waals surface area (Å²) in [4.78, 5) is 28.3. The monoisotopic (exact) mass is 316 g/mol. The van der Waals surface area contributed by atoms with Crippen LogP contribution >= 0.6 is 0 Å². The van der Waals surface area contributed by atoms with Crippen molar-refractivity contribution in [3.63, 3.8) is 0 Å². The van der Waals surface area contributed by atoms with E-state index in [0.717, 1.165) is 19.4 Å². The lowest BCUT2D eigenvalue weighted by Gasteiger charge is -2.30. The van der Waals surface area contributed by atoms with Gasteiger partial charge in [-0.2, -0.15) is 0 Å². The number of hydrogen-bond donors (Lipinski definition) is 1. The van der Waals surface area contributed by atoms with Crippen LogP contribution < -0.4 is 0 Å². The molecule has 5 heteroatoms. The second-order valence-corrected chi connectivity index (χ2v) is 6.90. The van der Waals surface area contributed by atoms with Crippen molar-refractivity contribution < 1.29 is 14.7 Å². The fraction of sp³-hybridized carbons (Fsp3) is 0.556. The van der Waals surface area contributed by atoms with Crippen LogP contribution in [0.1, 0.15) is 53.8 Å². The third-order valence-electron chi connectivity index (χ3n) is 4.85.